The molecule has 1 N–H and O–H groups in total. The van der Waals surface area contributed by atoms with Crippen LogP contribution in [0.25, 0.3) is 11.4 Å². The van der Waals surface area contributed by atoms with Crippen LogP contribution in [0, 0.1) is 0 Å². The molecule has 3 rings (SSSR count). The highest BCUT2D eigenvalue weighted by atomic mass is 32.2. The minimum atomic E-state index is -0.111. The molecule has 146 valence electrons. The monoisotopic (exact) mass is 398 g/mol. The molecule has 0 aliphatic rings. The van der Waals surface area contributed by atoms with Crippen LogP contribution in [0.2, 0.25) is 0 Å². The zero-order valence-electron chi connectivity index (χ0n) is 16.0. The smallest absolute Gasteiger partial charge is 0.234 e. The summed E-state index contributed by atoms with van der Waals surface area (Å²) in [5, 5.41) is 12.1. The van der Waals surface area contributed by atoms with Crippen LogP contribution in [0.3, 0.4) is 0 Å². The number of nitrogens with one attached hydrogen (secondary N) is 1. The number of benzene rings is 2. The minimum Gasteiger partial charge on any atom is -0.497 e. The number of nitrogens with zero attached hydrogens (tertiary/aromatic N) is 3. The van der Waals surface area contributed by atoms with Crippen LogP contribution in [-0.2, 0) is 11.3 Å². The predicted octanol–water partition coefficient (Wildman–Crippen LogP) is 3.71. The zero-order valence-corrected chi connectivity index (χ0v) is 16.8. The number of rotatable bonds is 8. The third-order valence-corrected chi connectivity index (χ3v) is 5.05. The zero-order chi connectivity index (χ0) is 19.9. The largest absolute Gasteiger partial charge is 0.497 e. The molecule has 2 aromatic carbocycles. The van der Waals surface area contributed by atoms with Crippen LogP contribution in [0.4, 0.5) is 5.69 Å². The number of ether oxygens (including phenoxy) is 2. The summed E-state index contributed by atoms with van der Waals surface area (Å²) in [7, 11) is 3.23. The van der Waals surface area contributed by atoms with E-state index in [1.165, 1.54) is 11.8 Å². The van der Waals surface area contributed by atoms with Gasteiger partial charge in [0.05, 0.1) is 25.5 Å². The van der Waals surface area contributed by atoms with E-state index >= 15 is 0 Å². The average molecular weight is 398 g/mol. The van der Waals surface area contributed by atoms with E-state index in [0.29, 0.717) is 11.7 Å². The first-order chi connectivity index (χ1) is 13.7. The molecule has 0 bridgehead atoms. The summed E-state index contributed by atoms with van der Waals surface area (Å²) in [5.41, 5.74) is 1.59. The summed E-state index contributed by atoms with van der Waals surface area (Å²) in [4.78, 5) is 12.3. The summed E-state index contributed by atoms with van der Waals surface area (Å²) < 4.78 is 12.5. The molecule has 0 spiro atoms. The fourth-order valence-electron chi connectivity index (χ4n) is 2.71. The summed E-state index contributed by atoms with van der Waals surface area (Å²) in [5.74, 6) is 2.32. The molecule has 1 heterocycles. The number of amides is 1. The lowest BCUT2D eigenvalue weighted by Gasteiger charge is -2.10. The third kappa shape index (κ3) is 4.45. The van der Waals surface area contributed by atoms with Gasteiger partial charge in [0, 0.05) is 12.2 Å². The van der Waals surface area contributed by atoms with Gasteiger partial charge in [-0.15, -0.1) is 10.2 Å². The Hall–Kier alpha value is -3.00. The lowest BCUT2D eigenvalue weighted by Crippen LogP contribution is -2.14. The minimum absolute atomic E-state index is 0.111. The topological polar surface area (TPSA) is 78.3 Å². The van der Waals surface area contributed by atoms with Gasteiger partial charge in [-0.3, -0.25) is 4.79 Å². The summed E-state index contributed by atoms with van der Waals surface area (Å²) in [6.07, 6.45) is 0. The molecule has 1 amide bonds. The summed E-state index contributed by atoms with van der Waals surface area (Å²) in [6, 6.07) is 14.9. The maximum atomic E-state index is 12.3. The Balaban J connectivity index is 1.69. The molecule has 0 aliphatic carbocycles. The van der Waals surface area contributed by atoms with Crippen molar-refractivity contribution in [1.29, 1.82) is 0 Å². The van der Waals surface area contributed by atoms with Crippen LogP contribution < -0.4 is 14.8 Å². The molecule has 0 radical (unpaired) electrons. The summed E-state index contributed by atoms with van der Waals surface area (Å²) in [6.45, 7) is 2.70. The molecule has 1 aromatic heterocycles. The molecular weight excluding hydrogens is 376 g/mol. The van der Waals surface area contributed by atoms with Gasteiger partial charge in [0.1, 0.15) is 11.5 Å². The van der Waals surface area contributed by atoms with E-state index in [2.05, 4.69) is 15.5 Å². The van der Waals surface area contributed by atoms with Gasteiger partial charge in [-0.05, 0) is 43.3 Å². The molecule has 8 heteroatoms. The Morgan fingerprint density at radius 1 is 1.07 bits per heavy atom. The van der Waals surface area contributed by atoms with Gasteiger partial charge < -0.3 is 19.4 Å². The Morgan fingerprint density at radius 2 is 1.82 bits per heavy atom. The van der Waals surface area contributed by atoms with E-state index in [4.69, 9.17) is 9.47 Å². The van der Waals surface area contributed by atoms with Crippen molar-refractivity contribution < 1.29 is 14.3 Å². The molecule has 7 nitrogen and oxygen atoms in total. The summed E-state index contributed by atoms with van der Waals surface area (Å²) >= 11 is 1.35. The van der Waals surface area contributed by atoms with Gasteiger partial charge in [0.2, 0.25) is 5.91 Å². The highest BCUT2D eigenvalue weighted by molar-refractivity contribution is 7.99. The van der Waals surface area contributed by atoms with Gasteiger partial charge in [-0.1, -0.05) is 23.9 Å². The third-order valence-electron chi connectivity index (χ3n) is 4.09. The first kappa shape index (κ1) is 19.8. The second kappa shape index (κ2) is 9.27. The molecular formula is C20H22N4O3S. The fraction of sp³-hybridized carbons (Fsp3) is 0.250. The molecule has 0 fully saturated rings. The molecule has 3 aromatic rings. The first-order valence-corrected chi connectivity index (χ1v) is 9.78. The van der Waals surface area contributed by atoms with Crippen molar-refractivity contribution in [3.8, 4) is 22.9 Å². The Morgan fingerprint density at radius 3 is 2.50 bits per heavy atom. The fourth-order valence-corrected chi connectivity index (χ4v) is 3.51. The molecule has 28 heavy (non-hydrogen) atoms. The maximum Gasteiger partial charge on any atom is 0.234 e. The van der Waals surface area contributed by atoms with Crippen LogP contribution >= 0.6 is 11.8 Å². The van der Waals surface area contributed by atoms with E-state index in [-0.39, 0.29) is 11.7 Å². The first-order valence-electron chi connectivity index (χ1n) is 8.79. The quantitative estimate of drug-likeness (QED) is 0.583. The number of hydrogen-bond acceptors (Lipinski definition) is 6. The SMILES string of the molecule is CCn1c(SCC(=O)Nc2ccc(OC)cc2)nnc1-c1ccccc1OC. The van der Waals surface area contributed by atoms with Gasteiger partial charge in [-0.2, -0.15) is 0 Å². The number of anilines is 1. The van der Waals surface area contributed by atoms with Crippen molar-refractivity contribution in [3.05, 3.63) is 48.5 Å². The highest BCUT2D eigenvalue weighted by Gasteiger charge is 2.17. The Bertz CT molecular complexity index is 941. The second-order valence-corrected chi connectivity index (χ2v) is 6.76. The number of thioether (sulfide) groups is 1. The number of carbonyl (C=O) groups is 1. The number of para-hydroxylation sites is 1. The average Bonchev–Trinajstić information content (AvgIpc) is 3.15. The van der Waals surface area contributed by atoms with Crippen LogP contribution in [-0.4, -0.2) is 40.6 Å². The van der Waals surface area contributed by atoms with E-state index in [0.717, 1.165) is 28.6 Å². The normalized spacial score (nSPS) is 10.5. The van der Waals surface area contributed by atoms with Gasteiger partial charge in [0.15, 0.2) is 11.0 Å². The second-order valence-electron chi connectivity index (χ2n) is 5.82. The van der Waals surface area contributed by atoms with Crippen LogP contribution in [0.1, 0.15) is 6.92 Å². The van der Waals surface area contributed by atoms with Crippen molar-refractivity contribution in [3.63, 3.8) is 0 Å². The van der Waals surface area contributed by atoms with Crippen molar-refractivity contribution in [1.82, 2.24) is 14.8 Å². The number of hydrogen-bond donors (Lipinski definition) is 1. The molecule has 0 unspecified atom stereocenters. The van der Waals surface area contributed by atoms with Crippen molar-refractivity contribution in [2.24, 2.45) is 0 Å². The van der Waals surface area contributed by atoms with Crippen LogP contribution in [0.15, 0.2) is 53.7 Å². The van der Waals surface area contributed by atoms with Crippen molar-refractivity contribution >= 4 is 23.4 Å². The van der Waals surface area contributed by atoms with Gasteiger partial charge in [0.25, 0.3) is 0 Å². The van der Waals surface area contributed by atoms with Gasteiger partial charge >= 0.3 is 0 Å². The van der Waals surface area contributed by atoms with Crippen LogP contribution in [0.5, 0.6) is 11.5 Å². The Kier molecular flexibility index (Phi) is 6.54. The molecule has 0 saturated heterocycles. The Labute approximate surface area is 168 Å². The van der Waals surface area contributed by atoms with E-state index in [1.807, 2.05) is 35.8 Å². The van der Waals surface area contributed by atoms with Crippen molar-refractivity contribution in [2.75, 3.05) is 25.3 Å². The standard InChI is InChI=1S/C20H22N4O3S/c1-4-24-19(16-7-5-6-8-17(16)27-3)22-23-20(24)28-13-18(25)21-14-9-11-15(26-2)12-10-14/h5-12H,4,13H2,1-3H3,(H,21,25). The predicted molar refractivity (Wildman–Crippen MR) is 110 cm³/mol. The van der Waals surface area contributed by atoms with Gasteiger partial charge in [-0.25, -0.2) is 0 Å². The number of aromatic nitrogens is 3. The van der Waals surface area contributed by atoms with E-state index in [1.54, 1.807) is 38.5 Å². The lowest BCUT2D eigenvalue weighted by molar-refractivity contribution is -0.113. The highest BCUT2D eigenvalue weighted by Crippen LogP contribution is 2.30. The van der Waals surface area contributed by atoms with E-state index < -0.39 is 0 Å². The maximum absolute atomic E-state index is 12.3. The van der Waals surface area contributed by atoms with Crippen molar-refractivity contribution in [2.45, 2.75) is 18.6 Å². The number of carbonyl (C=O) groups excluding carboxylic acids is 1. The molecule has 0 aliphatic heterocycles. The molecule has 0 saturated carbocycles. The number of methoxy groups -OCH3 is 2. The lowest BCUT2D eigenvalue weighted by atomic mass is 10.2. The molecule has 0 atom stereocenters. The van der Waals surface area contributed by atoms with E-state index in [9.17, 15) is 4.79 Å².